The van der Waals surface area contributed by atoms with Crippen LogP contribution < -0.4 is 4.90 Å². The number of piperazine rings is 1. The molecule has 18 heavy (non-hydrogen) atoms. The SMILES string of the molecule is CC(C)[N+]1(C)CCN(c2cccc(Cl)c2Cl)CC1. The summed E-state index contributed by atoms with van der Waals surface area (Å²) in [5, 5.41) is 1.32. The first-order valence-corrected chi connectivity index (χ1v) is 7.23. The van der Waals surface area contributed by atoms with Crippen molar-refractivity contribution in [3.05, 3.63) is 28.2 Å². The average Bonchev–Trinajstić information content (AvgIpc) is 2.34. The molecule has 0 bridgehead atoms. The molecule has 0 atom stereocenters. The molecule has 0 spiro atoms. The molecule has 0 radical (unpaired) electrons. The van der Waals surface area contributed by atoms with Gasteiger partial charge in [-0.1, -0.05) is 29.3 Å². The minimum Gasteiger partial charge on any atom is -0.359 e. The van der Waals surface area contributed by atoms with Gasteiger partial charge in [-0.05, 0) is 26.0 Å². The van der Waals surface area contributed by atoms with Crippen LogP contribution in [0.4, 0.5) is 5.69 Å². The van der Waals surface area contributed by atoms with Gasteiger partial charge in [-0.15, -0.1) is 0 Å². The zero-order valence-electron chi connectivity index (χ0n) is 11.3. The smallest absolute Gasteiger partial charge is 0.0965 e. The van der Waals surface area contributed by atoms with Crippen LogP contribution in [0.5, 0.6) is 0 Å². The van der Waals surface area contributed by atoms with E-state index in [4.69, 9.17) is 23.2 Å². The number of anilines is 1. The van der Waals surface area contributed by atoms with Gasteiger partial charge in [0.25, 0.3) is 0 Å². The van der Waals surface area contributed by atoms with E-state index in [1.165, 1.54) is 0 Å². The fourth-order valence-corrected chi connectivity index (χ4v) is 2.83. The van der Waals surface area contributed by atoms with E-state index in [9.17, 15) is 0 Å². The summed E-state index contributed by atoms with van der Waals surface area (Å²) in [5.41, 5.74) is 1.07. The summed E-state index contributed by atoms with van der Waals surface area (Å²) in [4.78, 5) is 2.34. The monoisotopic (exact) mass is 287 g/mol. The Bertz CT molecular complexity index is 424. The summed E-state index contributed by atoms with van der Waals surface area (Å²) in [6.45, 7) is 8.97. The first-order chi connectivity index (χ1) is 8.44. The Morgan fingerprint density at radius 2 is 1.78 bits per heavy atom. The lowest BCUT2D eigenvalue weighted by atomic mass is 10.1. The molecule has 0 N–H and O–H groups in total. The lowest BCUT2D eigenvalue weighted by Gasteiger charge is -2.45. The Morgan fingerprint density at radius 1 is 1.17 bits per heavy atom. The fraction of sp³-hybridized carbons (Fsp3) is 0.571. The van der Waals surface area contributed by atoms with E-state index < -0.39 is 0 Å². The van der Waals surface area contributed by atoms with Crippen LogP contribution in [-0.4, -0.2) is 43.8 Å². The van der Waals surface area contributed by atoms with Gasteiger partial charge in [0, 0.05) is 0 Å². The number of rotatable bonds is 2. The second-order valence-electron chi connectivity index (χ2n) is 5.58. The topological polar surface area (TPSA) is 3.24 Å². The molecule has 0 unspecified atom stereocenters. The van der Waals surface area contributed by atoms with Crippen LogP contribution in [0.25, 0.3) is 0 Å². The summed E-state index contributed by atoms with van der Waals surface area (Å²) < 4.78 is 1.13. The van der Waals surface area contributed by atoms with Crippen LogP contribution in [0.15, 0.2) is 18.2 Å². The van der Waals surface area contributed by atoms with Gasteiger partial charge in [0.05, 0.1) is 55.0 Å². The van der Waals surface area contributed by atoms with Crippen LogP contribution >= 0.6 is 23.2 Å². The van der Waals surface area contributed by atoms with Crippen molar-refractivity contribution in [2.45, 2.75) is 19.9 Å². The van der Waals surface area contributed by atoms with Gasteiger partial charge in [-0.2, -0.15) is 0 Å². The van der Waals surface area contributed by atoms with Gasteiger partial charge >= 0.3 is 0 Å². The minimum absolute atomic E-state index is 0.640. The van der Waals surface area contributed by atoms with Gasteiger partial charge in [0.1, 0.15) is 0 Å². The van der Waals surface area contributed by atoms with E-state index in [1.54, 1.807) is 0 Å². The number of hydrogen-bond acceptors (Lipinski definition) is 1. The van der Waals surface area contributed by atoms with Gasteiger partial charge in [-0.25, -0.2) is 0 Å². The minimum atomic E-state index is 0.640. The molecule has 1 aliphatic heterocycles. The Labute approximate surface area is 120 Å². The van der Waals surface area contributed by atoms with Crippen LogP contribution in [-0.2, 0) is 0 Å². The number of nitrogens with zero attached hydrogens (tertiary/aromatic N) is 2. The fourth-order valence-electron chi connectivity index (χ4n) is 2.42. The van der Waals surface area contributed by atoms with Gasteiger partial charge < -0.3 is 9.38 Å². The molecule has 0 aromatic heterocycles. The number of halogens is 2. The molecular weight excluding hydrogens is 267 g/mol. The second-order valence-corrected chi connectivity index (χ2v) is 6.37. The Morgan fingerprint density at radius 3 is 2.33 bits per heavy atom. The molecule has 2 rings (SSSR count). The third kappa shape index (κ3) is 2.61. The van der Waals surface area contributed by atoms with Gasteiger partial charge in [-0.3, -0.25) is 0 Å². The van der Waals surface area contributed by atoms with E-state index in [1.807, 2.05) is 12.1 Å². The highest BCUT2D eigenvalue weighted by atomic mass is 35.5. The highest BCUT2D eigenvalue weighted by Crippen LogP contribution is 2.33. The van der Waals surface area contributed by atoms with Crippen LogP contribution in [0.2, 0.25) is 10.0 Å². The number of likely N-dealkylation sites (N-methyl/N-ethyl adjacent to an activating group) is 1. The zero-order valence-corrected chi connectivity index (χ0v) is 12.8. The van der Waals surface area contributed by atoms with Crippen LogP contribution in [0.1, 0.15) is 13.8 Å². The molecule has 0 saturated carbocycles. The molecule has 100 valence electrons. The van der Waals surface area contributed by atoms with Crippen molar-refractivity contribution < 1.29 is 4.48 Å². The summed E-state index contributed by atoms with van der Waals surface area (Å²) in [5.74, 6) is 0. The Hall–Kier alpha value is -0.440. The Kier molecular flexibility index (Phi) is 4.10. The first-order valence-electron chi connectivity index (χ1n) is 6.47. The molecule has 4 heteroatoms. The van der Waals surface area contributed by atoms with Crippen LogP contribution in [0, 0.1) is 0 Å². The predicted molar refractivity (Wildman–Crippen MR) is 79.7 cm³/mol. The van der Waals surface area contributed by atoms with Gasteiger partial charge in [0.2, 0.25) is 0 Å². The van der Waals surface area contributed by atoms with Gasteiger partial charge in [0.15, 0.2) is 0 Å². The summed E-state index contributed by atoms with van der Waals surface area (Å²) in [6.07, 6.45) is 0. The summed E-state index contributed by atoms with van der Waals surface area (Å²) in [6, 6.07) is 6.53. The van der Waals surface area contributed by atoms with E-state index in [0.717, 1.165) is 36.3 Å². The maximum atomic E-state index is 6.28. The average molecular weight is 288 g/mol. The zero-order chi connectivity index (χ0) is 13.3. The highest BCUT2D eigenvalue weighted by Gasteiger charge is 2.32. The molecular formula is C14H21Cl2N2+. The molecule has 1 aromatic carbocycles. The highest BCUT2D eigenvalue weighted by molar-refractivity contribution is 6.43. The maximum Gasteiger partial charge on any atom is 0.0965 e. The molecule has 1 heterocycles. The van der Waals surface area contributed by atoms with Crippen molar-refractivity contribution in [2.75, 3.05) is 38.1 Å². The van der Waals surface area contributed by atoms with E-state index >= 15 is 0 Å². The number of hydrogen-bond donors (Lipinski definition) is 0. The Balaban J connectivity index is 2.13. The largest absolute Gasteiger partial charge is 0.359 e. The van der Waals surface area contributed by atoms with E-state index in [2.05, 4.69) is 31.9 Å². The van der Waals surface area contributed by atoms with Crippen molar-refractivity contribution in [3.63, 3.8) is 0 Å². The maximum absolute atomic E-state index is 6.28. The van der Waals surface area contributed by atoms with Crippen molar-refractivity contribution in [3.8, 4) is 0 Å². The number of benzene rings is 1. The third-order valence-electron chi connectivity index (χ3n) is 4.28. The number of quaternary nitrogens is 1. The quantitative estimate of drug-likeness (QED) is 0.751. The van der Waals surface area contributed by atoms with Crippen LogP contribution in [0.3, 0.4) is 0 Å². The lowest BCUT2D eigenvalue weighted by molar-refractivity contribution is -0.930. The molecule has 1 aliphatic rings. The molecule has 0 amide bonds. The molecule has 1 aromatic rings. The predicted octanol–water partition coefficient (Wildman–Crippen LogP) is 3.67. The van der Waals surface area contributed by atoms with Crippen molar-refractivity contribution in [1.82, 2.24) is 0 Å². The standard InChI is InChI=1S/C14H21Cl2N2/c1-11(2)18(3)9-7-17(8-10-18)13-6-4-5-12(15)14(13)16/h4-6,11H,7-10H2,1-3H3/q+1. The van der Waals surface area contributed by atoms with Crippen molar-refractivity contribution in [1.29, 1.82) is 0 Å². The molecule has 1 fully saturated rings. The molecule has 0 aliphatic carbocycles. The second kappa shape index (κ2) is 5.28. The van der Waals surface area contributed by atoms with E-state index in [0.29, 0.717) is 16.1 Å². The first kappa shape index (κ1) is 14.0. The molecule has 1 saturated heterocycles. The van der Waals surface area contributed by atoms with E-state index in [-0.39, 0.29) is 0 Å². The van der Waals surface area contributed by atoms with Crippen molar-refractivity contribution in [2.24, 2.45) is 0 Å². The lowest BCUT2D eigenvalue weighted by Crippen LogP contribution is -2.60. The summed E-state index contributed by atoms with van der Waals surface area (Å²) in [7, 11) is 2.33. The van der Waals surface area contributed by atoms with Crippen molar-refractivity contribution >= 4 is 28.9 Å². The molecule has 2 nitrogen and oxygen atoms in total. The normalized spacial score (nSPS) is 19.3. The summed E-state index contributed by atoms with van der Waals surface area (Å²) >= 11 is 12.4. The third-order valence-corrected chi connectivity index (χ3v) is 5.09.